The Morgan fingerprint density at radius 1 is 1.05 bits per heavy atom. The van der Waals surface area contributed by atoms with Crippen molar-refractivity contribution < 1.29 is 24.9 Å². The van der Waals surface area contributed by atoms with E-state index in [9.17, 15) is 4.79 Å². The number of aliphatic hydroxyl groups is 1. The van der Waals surface area contributed by atoms with E-state index in [1.54, 1.807) is 18.2 Å². The lowest BCUT2D eigenvalue weighted by Crippen LogP contribution is -1.99. The molecule has 0 aliphatic carbocycles. The van der Waals surface area contributed by atoms with Crippen LogP contribution in [-0.4, -0.2) is 35.0 Å². The number of hydrogen-bond acceptors (Lipinski definition) is 5. The van der Waals surface area contributed by atoms with Crippen LogP contribution in [0.5, 0.6) is 11.5 Å². The number of aliphatic hydroxyl groups excluding tert-OH is 1. The van der Waals surface area contributed by atoms with Crippen LogP contribution in [0, 0.1) is 0 Å². The van der Waals surface area contributed by atoms with Crippen molar-refractivity contribution >= 4 is 5.97 Å². The van der Waals surface area contributed by atoms with Crippen molar-refractivity contribution in [1.29, 1.82) is 0 Å². The summed E-state index contributed by atoms with van der Waals surface area (Å²) in [6, 6.07) is 12.8. The molecule has 0 aliphatic rings. The number of rotatable bonds is 3. The molecule has 0 radical (unpaired) electrons. The number of esters is 1. The highest BCUT2D eigenvalue weighted by Crippen LogP contribution is 2.11. The van der Waals surface area contributed by atoms with E-state index in [2.05, 4.69) is 4.74 Å². The molecule has 5 nitrogen and oxygen atoms in total. The number of benzene rings is 2. The van der Waals surface area contributed by atoms with Crippen molar-refractivity contribution in [3.05, 3.63) is 59.7 Å². The van der Waals surface area contributed by atoms with E-state index in [4.69, 9.17) is 15.3 Å². The zero-order valence-corrected chi connectivity index (χ0v) is 11.7. The van der Waals surface area contributed by atoms with Gasteiger partial charge >= 0.3 is 5.97 Å². The molecule has 21 heavy (non-hydrogen) atoms. The number of methoxy groups -OCH3 is 1. The number of phenols is 2. The third-order valence-corrected chi connectivity index (χ3v) is 2.60. The molecule has 0 aliphatic heterocycles. The summed E-state index contributed by atoms with van der Waals surface area (Å²) in [6.07, 6.45) is 0.606. The van der Waals surface area contributed by atoms with Crippen LogP contribution in [0.15, 0.2) is 48.5 Å². The fourth-order valence-electron chi connectivity index (χ4n) is 1.56. The Kier molecular flexibility index (Phi) is 6.77. The van der Waals surface area contributed by atoms with Gasteiger partial charge in [0.25, 0.3) is 0 Å². The Bertz CT molecular complexity index is 563. The van der Waals surface area contributed by atoms with Crippen LogP contribution in [0.25, 0.3) is 0 Å². The highest BCUT2D eigenvalue weighted by molar-refractivity contribution is 5.89. The first-order valence-corrected chi connectivity index (χ1v) is 6.33. The second-order valence-electron chi connectivity index (χ2n) is 4.18. The summed E-state index contributed by atoms with van der Waals surface area (Å²) in [7, 11) is 1.31. The molecule has 3 N–H and O–H groups in total. The van der Waals surface area contributed by atoms with Crippen molar-refractivity contribution in [1.82, 2.24) is 0 Å². The number of ether oxygens (including phenoxy) is 1. The van der Waals surface area contributed by atoms with Crippen LogP contribution in [-0.2, 0) is 11.2 Å². The van der Waals surface area contributed by atoms with Gasteiger partial charge in [-0.2, -0.15) is 0 Å². The fraction of sp³-hybridized carbons (Fsp3) is 0.188. The summed E-state index contributed by atoms with van der Waals surface area (Å²) in [4.78, 5) is 10.8. The number of hydrogen-bond donors (Lipinski definition) is 3. The molecule has 2 aromatic rings. The van der Waals surface area contributed by atoms with Gasteiger partial charge in [0.1, 0.15) is 11.5 Å². The number of carbonyl (C=O) groups is 1. The average Bonchev–Trinajstić information content (AvgIpc) is 2.48. The molecule has 2 rings (SSSR count). The Labute approximate surface area is 123 Å². The molecule has 0 amide bonds. The summed E-state index contributed by atoms with van der Waals surface area (Å²) in [5.41, 5.74) is 1.40. The van der Waals surface area contributed by atoms with E-state index in [0.29, 0.717) is 12.0 Å². The Balaban J connectivity index is 0.000000211. The summed E-state index contributed by atoms with van der Waals surface area (Å²) in [5.74, 6) is -0.00592. The first kappa shape index (κ1) is 16.5. The van der Waals surface area contributed by atoms with E-state index in [-0.39, 0.29) is 18.1 Å². The molecule has 0 spiro atoms. The predicted molar refractivity (Wildman–Crippen MR) is 78.3 cm³/mol. The van der Waals surface area contributed by atoms with Gasteiger partial charge < -0.3 is 20.1 Å². The molecule has 0 atom stereocenters. The molecule has 0 unspecified atom stereocenters. The van der Waals surface area contributed by atoms with Crippen molar-refractivity contribution in [3.8, 4) is 11.5 Å². The van der Waals surface area contributed by atoms with Gasteiger partial charge in [-0.25, -0.2) is 4.79 Å². The van der Waals surface area contributed by atoms with Crippen LogP contribution >= 0.6 is 0 Å². The topological polar surface area (TPSA) is 87.0 Å². The first-order chi connectivity index (χ1) is 10.1. The molecule has 2 aromatic carbocycles. The van der Waals surface area contributed by atoms with Crippen LogP contribution in [0.1, 0.15) is 15.9 Å². The molecular formula is C16H18O5. The van der Waals surface area contributed by atoms with Gasteiger partial charge in [-0.05, 0) is 48.4 Å². The third kappa shape index (κ3) is 5.97. The van der Waals surface area contributed by atoms with Gasteiger partial charge in [0, 0.05) is 6.61 Å². The molecule has 0 saturated heterocycles. The van der Waals surface area contributed by atoms with Crippen LogP contribution in [0.2, 0.25) is 0 Å². The van der Waals surface area contributed by atoms with Gasteiger partial charge in [-0.1, -0.05) is 12.1 Å². The monoisotopic (exact) mass is 290 g/mol. The van der Waals surface area contributed by atoms with Crippen molar-refractivity contribution in [2.45, 2.75) is 6.42 Å². The molecule has 0 heterocycles. The Hall–Kier alpha value is -2.53. The van der Waals surface area contributed by atoms with Crippen molar-refractivity contribution in [2.24, 2.45) is 0 Å². The highest BCUT2D eigenvalue weighted by Gasteiger charge is 2.02. The summed E-state index contributed by atoms with van der Waals surface area (Å²) in [5, 5.41) is 26.3. The standard InChI is InChI=1S/C8H8O3.C8H10O2/c1-11-8(10)6-2-4-7(9)5-3-6;9-5-4-7-2-1-3-8(10)6-7/h2-5,9H,1H3;1-3,6,9-10H,4-5H2. The predicted octanol–water partition coefficient (Wildman–Crippen LogP) is 2.11. The normalized spacial score (nSPS) is 9.43. The Morgan fingerprint density at radius 3 is 2.24 bits per heavy atom. The number of aromatic hydroxyl groups is 2. The van der Waals surface area contributed by atoms with Gasteiger partial charge in [-0.3, -0.25) is 0 Å². The lowest BCUT2D eigenvalue weighted by molar-refractivity contribution is 0.0600. The number of phenolic OH excluding ortho intramolecular Hbond substituents is 2. The lowest BCUT2D eigenvalue weighted by Gasteiger charge is -1.97. The molecular weight excluding hydrogens is 272 g/mol. The van der Waals surface area contributed by atoms with Crippen LogP contribution in [0.3, 0.4) is 0 Å². The maximum Gasteiger partial charge on any atom is 0.337 e. The molecule has 0 fully saturated rings. The zero-order valence-electron chi connectivity index (χ0n) is 11.7. The molecule has 0 saturated carbocycles. The van der Waals surface area contributed by atoms with Gasteiger partial charge in [-0.15, -0.1) is 0 Å². The third-order valence-electron chi connectivity index (χ3n) is 2.60. The van der Waals surface area contributed by atoms with E-state index >= 15 is 0 Å². The van der Waals surface area contributed by atoms with E-state index in [1.165, 1.54) is 31.4 Å². The minimum atomic E-state index is -0.398. The quantitative estimate of drug-likeness (QED) is 0.754. The van der Waals surface area contributed by atoms with Gasteiger partial charge in [0.15, 0.2) is 0 Å². The minimum Gasteiger partial charge on any atom is -0.508 e. The lowest BCUT2D eigenvalue weighted by atomic mass is 10.1. The number of carbonyl (C=O) groups excluding carboxylic acids is 1. The summed E-state index contributed by atoms with van der Waals surface area (Å²) in [6.45, 7) is 0.128. The van der Waals surface area contributed by atoms with E-state index in [0.717, 1.165) is 5.56 Å². The average molecular weight is 290 g/mol. The molecule has 0 aromatic heterocycles. The zero-order chi connectivity index (χ0) is 15.7. The van der Waals surface area contributed by atoms with Crippen molar-refractivity contribution in [2.75, 3.05) is 13.7 Å². The molecule has 5 heteroatoms. The summed E-state index contributed by atoms with van der Waals surface area (Å²) >= 11 is 0. The van der Waals surface area contributed by atoms with Gasteiger partial charge in [0.2, 0.25) is 0 Å². The second-order valence-corrected chi connectivity index (χ2v) is 4.18. The van der Waals surface area contributed by atoms with Gasteiger partial charge in [0.05, 0.1) is 12.7 Å². The smallest absolute Gasteiger partial charge is 0.337 e. The van der Waals surface area contributed by atoms with Crippen LogP contribution in [0.4, 0.5) is 0 Å². The SMILES string of the molecule is COC(=O)c1ccc(O)cc1.OCCc1cccc(O)c1. The first-order valence-electron chi connectivity index (χ1n) is 6.33. The largest absolute Gasteiger partial charge is 0.508 e. The molecule has 112 valence electrons. The maximum absolute atomic E-state index is 10.8. The highest BCUT2D eigenvalue weighted by atomic mass is 16.5. The van der Waals surface area contributed by atoms with E-state index in [1.807, 2.05) is 6.07 Å². The maximum atomic E-state index is 10.8. The van der Waals surface area contributed by atoms with Crippen LogP contribution < -0.4 is 0 Å². The minimum absolute atomic E-state index is 0.128. The summed E-state index contributed by atoms with van der Waals surface area (Å²) < 4.78 is 4.46. The Morgan fingerprint density at radius 2 is 1.71 bits per heavy atom. The van der Waals surface area contributed by atoms with Crippen molar-refractivity contribution in [3.63, 3.8) is 0 Å². The van der Waals surface area contributed by atoms with E-state index < -0.39 is 5.97 Å². The second kappa shape index (κ2) is 8.60. The fourth-order valence-corrected chi connectivity index (χ4v) is 1.56. The molecule has 0 bridgehead atoms.